The molecule has 1 aromatic heterocycles. The number of aliphatic imine (C=N–C) groups is 1. The molecular formula is C17H31N5OS. The Kier molecular flexibility index (Phi) is 8.49. The van der Waals surface area contributed by atoms with Crippen LogP contribution in [0.15, 0.2) is 10.4 Å². The summed E-state index contributed by atoms with van der Waals surface area (Å²) in [5.41, 5.74) is 1.15. The fourth-order valence-electron chi connectivity index (χ4n) is 2.98. The van der Waals surface area contributed by atoms with E-state index < -0.39 is 0 Å². The Morgan fingerprint density at radius 1 is 1.50 bits per heavy atom. The van der Waals surface area contributed by atoms with Crippen molar-refractivity contribution in [3.8, 4) is 0 Å². The Balaban J connectivity index is 1.78. The number of thiazole rings is 1. The van der Waals surface area contributed by atoms with E-state index in [2.05, 4.69) is 32.8 Å². The molecule has 2 N–H and O–H groups in total. The van der Waals surface area contributed by atoms with Crippen LogP contribution >= 0.6 is 11.3 Å². The summed E-state index contributed by atoms with van der Waals surface area (Å²) < 4.78 is 5.21. The van der Waals surface area contributed by atoms with Crippen LogP contribution in [0.4, 0.5) is 0 Å². The second kappa shape index (κ2) is 10.6. The zero-order chi connectivity index (χ0) is 17.2. The van der Waals surface area contributed by atoms with E-state index in [1.54, 1.807) is 18.4 Å². The first-order valence-electron chi connectivity index (χ1n) is 8.89. The third-order valence-electron chi connectivity index (χ3n) is 4.23. The number of hydrogen-bond donors (Lipinski definition) is 2. The lowest BCUT2D eigenvalue weighted by atomic mass is 10.2. The highest BCUT2D eigenvalue weighted by atomic mass is 32.1. The minimum Gasteiger partial charge on any atom is -0.383 e. The highest BCUT2D eigenvalue weighted by Crippen LogP contribution is 2.16. The average Bonchev–Trinajstić information content (AvgIpc) is 3.19. The summed E-state index contributed by atoms with van der Waals surface area (Å²) in [7, 11) is 1.76. The van der Waals surface area contributed by atoms with E-state index >= 15 is 0 Å². The van der Waals surface area contributed by atoms with Crippen LogP contribution in [0, 0.1) is 6.92 Å². The predicted octanol–water partition coefficient (Wildman–Crippen LogP) is 1.66. The second-order valence-corrected chi connectivity index (χ2v) is 7.14. The second-order valence-electron chi connectivity index (χ2n) is 6.08. The first-order chi connectivity index (χ1) is 11.7. The Bertz CT molecular complexity index is 505. The molecule has 0 spiro atoms. The van der Waals surface area contributed by atoms with Gasteiger partial charge in [0.2, 0.25) is 0 Å². The van der Waals surface area contributed by atoms with E-state index in [0.29, 0.717) is 6.04 Å². The van der Waals surface area contributed by atoms with Crippen LogP contribution in [-0.2, 0) is 11.2 Å². The summed E-state index contributed by atoms with van der Waals surface area (Å²) in [6.07, 6.45) is 3.42. The molecule has 1 unspecified atom stereocenters. The van der Waals surface area contributed by atoms with Crippen LogP contribution in [-0.4, -0.2) is 68.3 Å². The molecule has 0 saturated carbocycles. The van der Waals surface area contributed by atoms with Crippen LogP contribution < -0.4 is 10.6 Å². The third-order valence-corrected chi connectivity index (χ3v) is 5.05. The number of guanidine groups is 1. The van der Waals surface area contributed by atoms with Crippen molar-refractivity contribution >= 4 is 17.3 Å². The fourth-order valence-corrected chi connectivity index (χ4v) is 3.62. The van der Waals surface area contributed by atoms with E-state index in [1.165, 1.54) is 12.8 Å². The van der Waals surface area contributed by atoms with E-state index in [1.807, 2.05) is 6.92 Å². The van der Waals surface area contributed by atoms with Gasteiger partial charge in [-0.15, -0.1) is 11.3 Å². The van der Waals surface area contributed by atoms with Gasteiger partial charge in [0, 0.05) is 44.6 Å². The Morgan fingerprint density at radius 3 is 3.08 bits per heavy atom. The van der Waals surface area contributed by atoms with Gasteiger partial charge in [-0.3, -0.25) is 9.89 Å². The van der Waals surface area contributed by atoms with E-state index in [4.69, 9.17) is 9.73 Å². The minimum atomic E-state index is 0.539. The summed E-state index contributed by atoms with van der Waals surface area (Å²) in [6.45, 7) is 9.68. The van der Waals surface area contributed by atoms with Crippen LogP contribution in [0.3, 0.4) is 0 Å². The van der Waals surface area contributed by atoms with Gasteiger partial charge in [-0.05, 0) is 33.2 Å². The number of hydrogen-bond acceptors (Lipinski definition) is 5. The van der Waals surface area contributed by atoms with E-state index in [9.17, 15) is 0 Å². The summed E-state index contributed by atoms with van der Waals surface area (Å²) in [5.74, 6) is 0.906. The number of aryl methyl sites for hydroxylation is 1. The summed E-state index contributed by atoms with van der Waals surface area (Å²) in [6, 6.07) is 0.539. The maximum atomic E-state index is 5.21. The zero-order valence-corrected chi connectivity index (χ0v) is 16.0. The first kappa shape index (κ1) is 19.1. The maximum absolute atomic E-state index is 5.21. The molecule has 1 aromatic rings. The molecule has 7 heteroatoms. The van der Waals surface area contributed by atoms with Crippen molar-refractivity contribution in [2.45, 2.75) is 39.2 Å². The molecule has 0 amide bonds. The standard InChI is InChI=1S/C17H31N5OS/c1-4-18-17(19-8-7-15-13-24-14(2)21-15)20-12-16-6-5-9-22(16)10-11-23-3/h13,16H,4-12H2,1-3H3,(H2,18,19,20). The van der Waals surface area contributed by atoms with E-state index in [-0.39, 0.29) is 0 Å². The average molecular weight is 354 g/mol. The smallest absolute Gasteiger partial charge is 0.191 e. The highest BCUT2D eigenvalue weighted by Gasteiger charge is 2.23. The third kappa shape index (κ3) is 6.37. The quantitative estimate of drug-likeness (QED) is 0.522. The topological polar surface area (TPSA) is 61.8 Å². The van der Waals surface area contributed by atoms with Gasteiger partial charge in [-0.25, -0.2) is 4.98 Å². The van der Waals surface area contributed by atoms with Crippen molar-refractivity contribution in [3.05, 3.63) is 16.1 Å². The van der Waals surface area contributed by atoms with Crippen molar-refractivity contribution in [2.75, 3.05) is 46.4 Å². The van der Waals surface area contributed by atoms with Crippen molar-refractivity contribution in [2.24, 2.45) is 4.99 Å². The molecule has 2 rings (SSSR count). The van der Waals surface area contributed by atoms with Gasteiger partial charge < -0.3 is 15.4 Å². The predicted molar refractivity (Wildman–Crippen MR) is 101 cm³/mol. The molecule has 1 atom stereocenters. The van der Waals surface area contributed by atoms with Gasteiger partial charge in [0.1, 0.15) is 0 Å². The molecule has 24 heavy (non-hydrogen) atoms. The monoisotopic (exact) mass is 353 g/mol. The van der Waals surface area contributed by atoms with Crippen LogP contribution in [0.2, 0.25) is 0 Å². The number of likely N-dealkylation sites (tertiary alicyclic amines) is 1. The number of aromatic nitrogens is 1. The van der Waals surface area contributed by atoms with Gasteiger partial charge in [-0.1, -0.05) is 0 Å². The van der Waals surface area contributed by atoms with E-state index in [0.717, 1.165) is 62.4 Å². The summed E-state index contributed by atoms with van der Waals surface area (Å²) in [5, 5.41) is 10.0. The van der Waals surface area contributed by atoms with Crippen LogP contribution in [0.1, 0.15) is 30.5 Å². The number of rotatable bonds is 9. The molecule has 6 nitrogen and oxygen atoms in total. The number of methoxy groups -OCH3 is 1. The maximum Gasteiger partial charge on any atom is 0.191 e. The lowest BCUT2D eigenvalue weighted by Gasteiger charge is -2.23. The molecular weight excluding hydrogens is 322 g/mol. The number of nitrogens with one attached hydrogen (secondary N) is 2. The van der Waals surface area contributed by atoms with Crippen LogP contribution in [0.5, 0.6) is 0 Å². The molecule has 136 valence electrons. The van der Waals surface area contributed by atoms with Gasteiger partial charge in [0.15, 0.2) is 5.96 Å². The first-order valence-corrected chi connectivity index (χ1v) is 9.77. The minimum absolute atomic E-state index is 0.539. The molecule has 1 saturated heterocycles. The highest BCUT2D eigenvalue weighted by molar-refractivity contribution is 7.09. The molecule has 1 fully saturated rings. The molecule has 0 radical (unpaired) electrons. The lowest BCUT2D eigenvalue weighted by Crippen LogP contribution is -2.40. The molecule has 1 aliphatic rings. The number of ether oxygens (including phenoxy) is 1. The summed E-state index contributed by atoms with van der Waals surface area (Å²) >= 11 is 1.71. The van der Waals surface area contributed by atoms with Gasteiger partial charge in [-0.2, -0.15) is 0 Å². The van der Waals surface area contributed by atoms with Crippen molar-refractivity contribution < 1.29 is 4.74 Å². The van der Waals surface area contributed by atoms with Crippen molar-refractivity contribution in [3.63, 3.8) is 0 Å². The molecule has 1 aliphatic heterocycles. The SMILES string of the molecule is CCNC(=NCC1CCCN1CCOC)NCCc1csc(C)n1. The van der Waals surface area contributed by atoms with Crippen molar-refractivity contribution in [1.82, 2.24) is 20.5 Å². The van der Waals surface area contributed by atoms with Crippen LogP contribution in [0.25, 0.3) is 0 Å². The van der Waals surface area contributed by atoms with Crippen molar-refractivity contribution in [1.29, 1.82) is 0 Å². The normalized spacial score (nSPS) is 19.0. The molecule has 0 bridgehead atoms. The molecule has 2 heterocycles. The van der Waals surface area contributed by atoms with Gasteiger partial charge >= 0.3 is 0 Å². The largest absolute Gasteiger partial charge is 0.383 e. The molecule has 0 aliphatic carbocycles. The number of nitrogens with zero attached hydrogens (tertiary/aromatic N) is 3. The Hall–Kier alpha value is -1.18. The Labute approximate surface area is 149 Å². The lowest BCUT2D eigenvalue weighted by molar-refractivity contribution is 0.142. The fraction of sp³-hybridized carbons (Fsp3) is 0.765. The van der Waals surface area contributed by atoms with Gasteiger partial charge in [0.05, 0.1) is 23.9 Å². The summed E-state index contributed by atoms with van der Waals surface area (Å²) in [4.78, 5) is 11.8. The molecule has 0 aromatic carbocycles. The zero-order valence-electron chi connectivity index (χ0n) is 15.2. The van der Waals surface area contributed by atoms with Gasteiger partial charge in [0.25, 0.3) is 0 Å². The Morgan fingerprint density at radius 2 is 2.38 bits per heavy atom.